The van der Waals surface area contributed by atoms with E-state index < -0.39 is 5.54 Å². The molecule has 112 valence electrons. The molecule has 4 nitrogen and oxygen atoms in total. The Morgan fingerprint density at radius 3 is 2.45 bits per heavy atom. The van der Waals surface area contributed by atoms with E-state index in [2.05, 4.69) is 12.2 Å². The standard InChI is InChI=1S/C16H26N2O2/c1-4-13-14(19)17-16(3,11-6-7-11)15(20)18(13)12-8-5-10(2)9-12/h10-13H,4-9H2,1-3H3,(H,17,19). The summed E-state index contributed by atoms with van der Waals surface area (Å²) < 4.78 is 0. The maximum atomic E-state index is 13.0. The molecule has 3 rings (SSSR count). The first-order chi connectivity index (χ1) is 9.47. The molecule has 0 radical (unpaired) electrons. The average molecular weight is 278 g/mol. The summed E-state index contributed by atoms with van der Waals surface area (Å²) in [7, 11) is 0. The van der Waals surface area contributed by atoms with Gasteiger partial charge >= 0.3 is 0 Å². The van der Waals surface area contributed by atoms with Crippen LogP contribution in [0.1, 0.15) is 59.3 Å². The fourth-order valence-corrected chi connectivity index (χ4v) is 4.10. The molecule has 4 unspecified atom stereocenters. The average Bonchev–Trinajstić information content (AvgIpc) is 3.17. The Labute approximate surface area is 121 Å². The summed E-state index contributed by atoms with van der Waals surface area (Å²) >= 11 is 0. The monoisotopic (exact) mass is 278 g/mol. The van der Waals surface area contributed by atoms with E-state index >= 15 is 0 Å². The zero-order chi connectivity index (χ0) is 14.5. The highest BCUT2D eigenvalue weighted by atomic mass is 16.2. The number of carbonyl (C=O) groups excluding carboxylic acids is 2. The SMILES string of the molecule is CCC1C(=O)NC(C)(C2CC2)C(=O)N1C1CCC(C)C1. The van der Waals surface area contributed by atoms with E-state index in [-0.39, 0.29) is 23.9 Å². The number of rotatable bonds is 3. The van der Waals surface area contributed by atoms with Crippen molar-refractivity contribution in [2.75, 3.05) is 0 Å². The largest absolute Gasteiger partial charge is 0.340 e. The molecule has 4 heteroatoms. The lowest BCUT2D eigenvalue weighted by Gasteiger charge is -2.47. The van der Waals surface area contributed by atoms with Crippen LogP contribution >= 0.6 is 0 Å². The second-order valence-corrected chi connectivity index (χ2v) is 7.17. The molecule has 0 aromatic carbocycles. The van der Waals surface area contributed by atoms with Crippen LogP contribution in [-0.2, 0) is 9.59 Å². The molecule has 0 aromatic heterocycles. The molecule has 1 heterocycles. The Balaban J connectivity index is 1.89. The van der Waals surface area contributed by atoms with E-state index in [4.69, 9.17) is 0 Å². The molecule has 3 fully saturated rings. The molecule has 1 N–H and O–H groups in total. The van der Waals surface area contributed by atoms with E-state index in [9.17, 15) is 9.59 Å². The fourth-order valence-electron chi connectivity index (χ4n) is 4.10. The van der Waals surface area contributed by atoms with Gasteiger partial charge in [0.2, 0.25) is 11.8 Å². The van der Waals surface area contributed by atoms with E-state index in [1.807, 2.05) is 18.7 Å². The lowest BCUT2D eigenvalue weighted by atomic mass is 9.87. The zero-order valence-corrected chi connectivity index (χ0v) is 12.8. The molecule has 2 saturated carbocycles. The number of amides is 2. The molecule has 0 spiro atoms. The third kappa shape index (κ3) is 2.04. The van der Waals surface area contributed by atoms with Crippen molar-refractivity contribution >= 4 is 11.8 Å². The highest BCUT2D eigenvalue weighted by Gasteiger charge is 2.56. The van der Waals surface area contributed by atoms with Crippen molar-refractivity contribution < 1.29 is 9.59 Å². The Hall–Kier alpha value is -1.06. The highest BCUT2D eigenvalue weighted by molar-refractivity contribution is 6.00. The van der Waals surface area contributed by atoms with Crippen LogP contribution in [0.25, 0.3) is 0 Å². The van der Waals surface area contributed by atoms with Crippen LogP contribution in [0.5, 0.6) is 0 Å². The Bertz CT molecular complexity index is 432. The van der Waals surface area contributed by atoms with E-state index in [0.717, 1.165) is 25.7 Å². The predicted octanol–water partition coefficient (Wildman–Crippen LogP) is 2.08. The maximum absolute atomic E-state index is 13.0. The minimum absolute atomic E-state index is 0.0565. The van der Waals surface area contributed by atoms with Crippen molar-refractivity contribution in [3.05, 3.63) is 0 Å². The van der Waals surface area contributed by atoms with Crippen molar-refractivity contribution in [3.63, 3.8) is 0 Å². The van der Waals surface area contributed by atoms with Gasteiger partial charge in [0.1, 0.15) is 11.6 Å². The van der Waals surface area contributed by atoms with Crippen LogP contribution in [0.2, 0.25) is 0 Å². The number of hydrogen-bond donors (Lipinski definition) is 1. The van der Waals surface area contributed by atoms with Crippen LogP contribution in [0.4, 0.5) is 0 Å². The van der Waals surface area contributed by atoms with E-state index in [1.54, 1.807) is 0 Å². The van der Waals surface area contributed by atoms with Gasteiger partial charge in [-0.3, -0.25) is 9.59 Å². The third-order valence-corrected chi connectivity index (χ3v) is 5.54. The first-order valence-electron chi connectivity index (χ1n) is 8.12. The summed E-state index contributed by atoms with van der Waals surface area (Å²) in [5.41, 5.74) is -0.644. The van der Waals surface area contributed by atoms with Crippen LogP contribution in [0.3, 0.4) is 0 Å². The van der Waals surface area contributed by atoms with Crippen LogP contribution in [0, 0.1) is 11.8 Å². The molecule has 2 amide bonds. The molecule has 0 bridgehead atoms. The first kappa shape index (κ1) is 13.9. The minimum Gasteiger partial charge on any atom is -0.340 e. The van der Waals surface area contributed by atoms with Gasteiger partial charge in [0.15, 0.2) is 0 Å². The van der Waals surface area contributed by atoms with Crippen LogP contribution in [0.15, 0.2) is 0 Å². The quantitative estimate of drug-likeness (QED) is 0.859. The fraction of sp³-hybridized carbons (Fsp3) is 0.875. The summed E-state index contributed by atoms with van der Waals surface area (Å²) in [6.07, 6.45) is 6.12. The minimum atomic E-state index is -0.644. The predicted molar refractivity (Wildman–Crippen MR) is 77.0 cm³/mol. The van der Waals surface area contributed by atoms with Gasteiger partial charge in [-0.15, -0.1) is 0 Å². The summed E-state index contributed by atoms with van der Waals surface area (Å²) in [5, 5.41) is 3.04. The van der Waals surface area contributed by atoms with Gasteiger partial charge in [-0.1, -0.05) is 13.8 Å². The van der Waals surface area contributed by atoms with Crippen molar-refractivity contribution in [1.82, 2.24) is 10.2 Å². The number of nitrogens with zero attached hydrogens (tertiary/aromatic N) is 1. The van der Waals surface area contributed by atoms with Crippen molar-refractivity contribution in [2.24, 2.45) is 11.8 Å². The lowest BCUT2D eigenvalue weighted by molar-refractivity contribution is -0.158. The van der Waals surface area contributed by atoms with Crippen molar-refractivity contribution in [3.8, 4) is 0 Å². The molecule has 4 atom stereocenters. The Morgan fingerprint density at radius 1 is 1.25 bits per heavy atom. The first-order valence-corrected chi connectivity index (χ1v) is 8.12. The van der Waals surface area contributed by atoms with Gasteiger partial charge in [0.25, 0.3) is 0 Å². The molecular formula is C16H26N2O2. The van der Waals surface area contributed by atoms with Gasteiger partial charge in [0.05, 0.1) is 0 Å². The smallest absolute Gasteiger partial charge is 0.249 e. The van der Waals surface area contributed by atoms with Crippen molar-refractivity contribution in [2.45, 2.75) is 76.9 Å². The molecular weight excluding hydrogens is 252 g/mol. The molecule has 20 heavy (non-hydrogen) atoms. The van der Waals surface area contributed by atoms with Crippen LogP contribution < -0.4 is 5.32 Å². The summed E-state index contributed by atoms with van der Waals surface area (Å²) in [4.78, 5) is 27.5. The molecule has 3 aliphatic rings. The number of nitrogens with one attached hydrogen (secondary N) is 1. The molecule has 0 aromatic rings. The van der Waals surface area contributed by atoms with Gasteiger partial charge in [-0.25, -0.2) is 0 Å². The summed E-state index contributed by atoms with van der Waals surface area (Å²) in [5.74, 6) is 1.24. The third-order valence-electron chi connectivity index (χ3n) is 5.54. The number of hydrogen-bond acceptors (Lipinski definition) is 2. The van der Waals surface area contributed by atoms with Gasteiger partial charge in [-0.05, 0) is 57.3 Å². The van der Waals surface area contributed by atoms with Gasteiger partial charge in [-0.2, -0.15) is 0 Å². The van der Waals surface area contributed by atoms with E-state index in [0.29, 0.717) is 18.3 Å². The topological polar surface area (TPSA) is 49.4 Å². The summed E-state index contributed by atoms with van der Waals surface area (Å²) in [6, 6.07) is 0.0104. The van der Waals surface area contributed by atoms with Gasteiger partial charge < -0.3 is 10.2 Å². The lowest BCUT2D eigenvalue weighted by Crippen LogP contribution is -2.71. The second kappa shape index (κ2) is 4.74. The number of piperazine rings is 1. The van der Waals surface area contributed by atoms with Crippen LogP contribution in [-0.4, -0.2) is 34.3 Å². The second-order valence-electron chi connectivity index (χ2n) is 7.17. The highest BCUT2D eigenvalue weighted by Crippen LogP contribution is 2.44. The Morgan fingerprint density at radius 2 is 1.95 bits per heavy atom. The molecule has 1 saturated heterocycles. The normalized spacial score (nSPS) is 42.0. The molecule has 2 aliphatic carbocycles. The van der Waals surface area contributed by atoms with Gasteiger partial charge in [0, 0.05) is 6.04 Å². The Kier molecular flexibility index (Phi) is 3.30. The zero-order valence-electron chi connectivity index (χ0n) is 12.8. The maximum Gasteiger partial charge on any atom is 0.249 e. The van der Waals surface area contributed by atoms with Crippen molar-refractivity contribution in [1.29, 1.82) is 0 Å². The summed E-state index contributed by atoms with van der Waals surface area (Å²) in [6.45, 7) is 6.18. The molecule has 1 aliphatic heterocycles. The number of carbonyl (C=O) groups is 2. The van der Waals surface area contributed by atoms with E-state index in [1.165, 1.54) is 6.42 Å².